The minimum Gasteiger partial charge on any atom is -0.486 e. The van der Waals surface area contributed by atoms with E-state index in [2.05, 4.69) is 24.9 Å². The van der Waals surface area contributed by atoms with Gasteiger partial charge in [0.15, 0.2) is 5.78 Å². The minimum absolute atomic E-state index is 0.0914. The lowest BCUT2D eigenvalue weighted by molar-refractivity contribution is 0.102. The molecule has 21 heavy (non-hydrogen) atoms. The number of benzene rings is 1. The second-order valence-corrected chi connectivity index (χ2v) is 6.33. The van der Waals surface area contributed by atoms with Gasteiger partial charge in [0.05, 0.1) is 10.6 Å². The van der Waals surface area contributed by atoms with Crippen LogP contribution in [0.2, 0.25) is 0 Å². The van der Waals surface area contributed by atoms with E-state index in [1.54, 1.807) is 6.92 Å². The van der Waals surface area contributed by atoms with Gasteiger partial charge in [-0.2, -0.15) is 0 Å². The summed E-state index contributed by atoms with van der Waals surface area (Å²) >= 11 is 1.45. The van der Waals surface area contributed by atoms with Crippen molar-refractivity contribution in [2.75, 3.05) is 0 Å². The van der Waals surface area contributed by atoms with Gasteiger partial charge in [0, 0.05) is 6.92 Å². The summed E-state index contributed by atoms with van der Waals surface area (Å²) in [6.07, 6.45) is 1.83. The van der Waals surface area contributed by atoms with Crippen LogP contribution in [0.25, 0.3) is 0 Å². The van der Waals surface area contributed by atoms with Crippen LogP contribution in [-0.4, -0.2) is 10.8 Å². The van der Waals surface area contributed by atoms with Gasteiger partial charge in [-0.3, -0.25) is 4.79 Å². The zero-order chi connectivity index (χ0) is 15.4. The van der Waals surface area contributed by atoms with E-state index in [-0.39, 0.29) is 5.78 Å². The fraction of sp³-hybridized carbons (Fsp3) is 0.412. The Morgan fingerprint density at radius 3 is 2.71 bits per heavy atom. The maximum Gasteiger partial charge on any atom is 0.171 e. The Morgan fingerprint density at radius 1 is 1.33 bits per heavy atom. The molecule has 0 spiro atoms. The molecule has 0 radical (unpaired) electrons. The molecule has 0 unspecified atom stereocenters. The molecule has 1 aromatic heterocycles. The van der Waals surface area contributed by atoms with Crippen molar-refractivity contribution in [2.45, 2.75) is 47.1 Å². The van der Waals surface area contributed by atoms with Gasteiger partial charge in [0.25, 0.3) is 0 Å². The molecule has 0 bridgehead atoms. The van der Waals surface area contributed by atoms with Crippen LogP contribution in [0.15, 0.2) is 18.2 Å². The SMILES string of the molecule is CCCc1nc(COc2ccc(C)cc2C)sc1C(C)=O. The van der Waals surface area contributed by atoms with Crippen molar-refractivity contribution >= 4 is 17.1 Å². The smallest absolute Gasteiger partial charge is 0.171 e. The Morgan fingerprint density at radius 2 is 2.10 bits per heavy atom. The van der Waals surface area contributed by atoms with Crippen LogP contribution in [-0.2, 0) is 13.0 Å². The third-order valence-corrected chi connectivity index (χ3v) is 4.40. The molecule has 3 nitrogen and oxygen atoms in total. The second kappa shape index (κ2) is 6.85. The first kappa shape index (κ1) is 15.7. The highest BCUT2D eigenvalue weighted by atomic mass is 32.1. The largest absolute Gasteiger partial charge is 0.486 e. The van der Waals surface area contributed by atoms with E-state index >= 15 is 0 Å². The summed E-state index contributed by atoms with van der Waals surface area (Å²) in [5.41, 5.74) is 3.25. The van der Waals surface area contributed by atoms with Crippen molar-refractivity contribution in [1.82, 2.24) is 4.98 Å². The topological polar surface area (TPSA) is 39.2 Å². The number of hydrogen-bond acceptors (Lipinski definition) is 4. The number of aryl methyl sites for hydroxylation is 3. The molecule has 0 saturated heterocycles. The number of ketones is 1. The maximum atomic E-state index is 11.6. The van der Waals surface area contributed by atoms with Crippen molar-refractivity contribution in [3.8, 4) is 5.75 Å². The number of nitrogens with zero attached hydrogens (tertiary/aromatic N) is 1. The molecule has 0 aliphatic rings. The molecule has 0 amide bonds. The number of Topliss-reactive ketones (excluding diaryl/α,β-unsaturated/α-hetero) is 1. The molecule has 1 heterocycles. The molecule has 112 valence electrons. The molecule has 0 atom stereocenters. The number of hydrogen-bond donors (Lipinski definition) is 0. The van der Waals surface area contributed by atoms with Crippen LogP contribution in [0, 0.1) is 13.8 Å². The lowest BCUT2D eigenvalue weighted by Crippen LogP contribution is -1.98. The number of carbonyl (C=O) groups is 1. The van der Waals surface area contributed by atoms with Crippen LogP contribution in [0.4, 0.5) is 0 Å². The first-order valence-electron chi connectivity index (χ1n) is 7.20. The Balaban J connectivity index is 2.12. The van der Waals surface area contributed by atoms with E-state index < -0.39 is 0 Å². The molecule has 0 fully saturated rings. The molecule has 0 aliphatic carbocycles. The fourth-order valence-corrected chi connectivity index (χ4v) is 3.16. The quantitative estimate of drug-likeness (QED) is 0.738. The van der Waals surface area contributed by atoms with Gasteiger partial charge in [-0.1, -0.05) is 31.0 Å². The van der Waals surface area contributed by atoms with Gasteiger partial charge < -0.3 is 4.74 Å². The minimum atomic E-state index is 0.0914. The highest BCUT2D eigenvalue weighted by Gasteiger charge is 2.14. The van der Waals surface area contributed by atoms with Gasteiger partial charge in [0.1, 0.15) is 17.4 Å². The van der Waals surface area contributed by atoms with Gasteiger partial charge in [-0.15, -0.1) is 11.3 Å². The number of aromatic nitrogens is 1. The standard InChI is InChI=1S/C17H21NO2S/c1-5-6-14-17(13(4)19)21-16(18-14)10-20-15-8-7-11(2)9-12(15)3/h7-9H,5-6,10H2,1-4H3. The summed E-state index contributed by atoms with van der Waals surface area (Å²) in [5, 5.41) is 0.864. The molecular formula is C17H21NO2S. The highest BCUT2D eigenvalue weighted by Crippen LogP contribution is 2.24. The van der Waals surface area contributed by atoms with Crippen molar-refractivity contribution in [3.05, 3.63) is 44.9 Å². The van der Waals surface area contributed by atoms with Crippen LogP contribution < -0.4 is 4.74 Å². The summed E-state index contributed by atoms with van der Waals surface area (Å²) in [4.78, 5) is 17.0. The van der Waals surface area contributed by atoms with Crippen LogP contribution in [0.5, 0.6) is 5.75 Å². The predicted octanol–water partition coefficient (Wildman–Crippen LogP) is 4.49. The maximum absolute atomic E-state index is 11.6. The second-order valence-electron chi connectivity index (χ2n) is 5.25. The molecule has 0 N–H and O–H groups in total. The summed E-state index contributed by atoms with van der Waals surface area (Å²) in [6.45, 7) is 8.20. The van der Waals surface area contributed by atoms with Crippen molar-refractivity contribution in [3.63, 3.8) is 0 Å². The first-order valence-corrected chi connectivity index (χ1v) is 8.02. The molecule has 2 aromatic rings. The van der Waals surface area contributed by atoms with E-state index in [1.165, 1.54) is 16.9 Å². The van der Waals surface area contributed by atoms with Gasteiger partial charge in [0.2, 0.25) is 0 Å². The number of thiazole rings is 1. The molecule has 0 aliphatic heterocycles. The highest BCUT2D eigenvalue weighted by molar-refractivity contribution is 7.13. The summed E-state index contributed by atoms with van der Waals surface area (Å²) in [7, 11) is 0. The molecular weight excluding hydrogens is 282 g/mol. The van der Waals surface area contributed by atoms with Crippen LogP contribution >= 0.6 is 11.3 Å². The lowest BCUT2D eigenvalue weighted by Gasteiger charge is -2.08. The molecule has 2 rings (SSSR count). The zero-order valence-electron chi connectivity index (χ0n) is 13.0. The van der Waals surface area contributed by atoms with E-state index in [0.717, 1.165) is 39.7 Å². The Bertz CT molecular complexity index is 646. The third kappa shape index (κ3) is 3.91. The van der Waals surface area contributed by atoms with Crippen molar-refractivity contribution in [2.24, 2.45) is 0 Å². The van der Waals surface area contributed by atoms with E-state index in [0.29, 0.717) is 6.61 Å². The Labute approximate surface area is 130 Å². The Hall–Kier alpha value is -1.68. The van der Waals surface area contributed by atoms with Crippen molar-refractivity contribution < 1.29 is 9.53 Å². The normalized spacial score (nSPS) is 10.7. The number of ether oxygens (including phenoxy) is 1. The van der Waals surface area contributed by atoms with E-state index in [4.69, 9.17) is 4.74 Å². The van der Waals surface area contributed by atoms with Gasteiger partial charge in [-0.05, 0) is 31.9 Å². The van der Waals surface area contributed by atoms with E-state index in [9.17, 15) is 4.79 Å². The lowest BCUT2D eigenvalue weighted by atomic mass is 10.1. The zero-order valence-corrected chi connectivity index (χ0v) is 13.8. The average Bonchev–Trinajstić information content (AvgIpc) is 2.81. The average molecular weight is 303 g/mol. The van der Waals surface area contributed by atoms with Crippen molar-refractivity contribution in [1.29, 1.82) is 0 Å². The molecule has 0 saturated carbocycles. The Kier molecular flexibility index (Phi) is 5.12. The first-order chi connectivity index (χ1) is 10.0. The third-order valence-electron chi connectivity index (χ3n) is 3.23. The van der Waals surface area contributed by atoms with Crippen LogP contribution in [0.1, 0.15) is 51.8 Å². The van der Waals surface area contributed by atoms with E-state index in [1.807, 2.05) is 19.1 Å². The van der Waals surface area contributed by atoms with Gasteiger partial charge >= 0.3 is 0 Å². The molecule has 4 heteroatoms. The monoisotopic (exact) mass is 303 g/mol. The van der Waals surface area contributed by atoms with Crippen LogP contribution in [0.3, 0.4) is 0 Å². The fourth-order valence-electron chi connectivity index (χ4n) is 2.24. The predicted molar refractivity (Wildman–Crippen MR) is 86.4 cm³/mol. The summed E-state index contributed by atoms with van der Waals surface area (Å²) in [5.74, 6) is 0.964. The number of rotatable bonds is 6. The summed E-state index contributed by atoms with van der Waals surface area (Å²) < 4.78 is 5.84. The number of carbonyl (C=O) groups excluding carboxylic acids is 1. The molecule has 1 aromatic carbocycles. The summed E-state index contributed by atoms with van der Waals surface area (Å²) in [6, 6.07) is 6.12. The van der Waals surface area contributed by atoms with Gasteiger partial charge in [-0.25, -0.2) is 4.98 Å².